The molecule has 3 aromatic carbocycles. The number of nitrogens with one attached hydrogen (secondary N) is 1. The van der Waals surface area contributed by atoms with Crippen LogP contribution in [-0.2, 0) is 4.79 Å². The lowest BCUT2D eigenvalue weighted by molar-refractivity contribution is -0.123. The van der Waals surface area contributed by atoms with Crippen molar-refractivity contribution < 1.29 is 18.7 Å². The van der Waals surface area contributed by atoms with Gasteiger partial charge in [0.05, 0.1) is 6.54 Å². The molecule has 4 nitrogen and oxygen atoms in total. The van der Waals surface area contributed by atoms with Crippen LogP contribution in [0.5, 0.6) is 11.5 Å². The summed E-state index contributed by atoms with van der Waals surface area (Å²) >= 11 is 0. The number of amides is 1. The molecule has 0 aliphatic heterocycles. The van der Waals surface area contributed by atoms with Gasteiger partial charge in [-0.25, -0.2) is 4.39 Å². The molecule has 0 atom stereocenters. The zero-order valence-electron chi connectivity index (χ0n) is 13.6. The van der Waals surface area contributed by atoms with E-state index in [1.54, 1.807) is 12.1 Å². The van der Waals surface area contributed by atoms with E-state index in [4.69, 9.17) is 9.47 Å². The highest BCUT2D eigenvalue weighted by Crippen LogP contribution is 2.20. The molecule has 0 heterocycles. The molecule has 0 unspecified atom stereocenters. The molecule has 0 radical (unpaired) electrons. The number of ether oxygens (including phenoxy) is 2. The summed E-state index contributed by atoms with van der Waals surface area (Å²) < 4.78 is 24.1. The summed E-state index contributed by atoms with van der Waals surface area (Å²) in [6.45, 7) is 0.437. The topological polar surface area (TPSA) is 47.6 Å². The molecule has 0 spiro atoms. The summed E-state index contributed by atoms with van der Waals surface area (Å²) in [5.74, 6) is -0.0130. The molecule has 0 aromatic heterocycles. The van der Waals surface area contributed by atoms with Gasteiger partial charge in [0.2, 0.25) is 0 Å². The number of para-hydroxylation sites is 1. The SMILES string of the molecule is O=C(COc1ccccc1F)NCCOc1ccc2ccccc2c1. The highest BCUT2D eigenvalue weighted by atomic mass is 19.1. The molecule has 1 N–H and O–H groups in total. The first-order valence-corrected chi connectivity index (χ1v) is 7.98. The van der Waals surface area contributed by atoms with E-state index in [-0.39, 0.29) is 18.3 Å². The van der Waals surface area contributed by atoms with Crippen LogP contribution in [0, 0.1) is 5.82 Å². The highest BCUT2D eigenvalue weighted by Gasteiger charge is 2.06. The van der Waals surface area contributed by atoms with Crippen molar-refractivity contribution in [2.24, 2.45) is 0 Å². The zero-order valence-corrected chi connectivity index (χ0v) is 13.6. The van der Waals surface area contributed by atoms with Crippen LogP contribution in [0.1, 0.15) is 0 Å². The van der Waals surface area contributed by atoms with Crippen molar-refractivity contribution in [1.82, 2.24) is 5.32 Å². The Balaban J connectivity index is 1.40. The number of carbonyl (C=O) groups is 1. The molecule has 1 amide bonds. The lowest BCUT2D eigenvalue weighted by Gasteiger charge is -2.10. The molecule has 5 heteroatoms. The second kappa shape index (κ2) is 8.15. The maximum atomic E-state index is 13.4. The van der Waals surface area contributed by atoms with Crippen LogP contribution in [0.4, 0.5) is 4.39 Å². The third-order valence-corrected chi connectivity index (χ3v) is 3.61. The molecule has 0 bridgehead atoms. The third kappa shape index (κ3) is 4.70. The van der Waals surface area contributed by atoms with Crippen molar-refractivity contribution in [2.75, 3.05) is 19.8 Å². The van der Waals surface area contributed by atoms with Crippen molar-refractivity contribution in [2.45, 2.75) is 0 Å². The van der Waals surface area contributed by atoms with E-state index in [9.17, 15) is 9.18 Å². The lowest BCUT2D eigenvalue weighted by atomic mass is 10.1. The second-order valence-corrected chi connectivity index (χ2v) is 5.43. The molecule has 3 rings (SSSR count). The average molecular weight is 339 g/mol. The number of hydrogen-bond acceptors (Lipinski definition) is 3. The molecular formula is C20H18FNO3. The van der Waals surface area contributed by atoms with Gasteiger partial charge >= 0.3 is 0 Å². The number of carbonyl (C=O) groups excluding carboxylic acids is 1. The Morgan fingerprint density at radius 2 is 1.68 bits per heavy atom. The largest absolute Gasteiger partial charge is 0.492 e. The molecular weight excluding hydrogens is 321 g/mol. The normalized spacial score (nSPS) is 10.4. The van der Waals surface area contributed by atoms with Gasteiger partial charge in [0.1, 0.15) is 12.4 Å². The summed E-state index contributed by atoms with van der Waals surface area (Å²) in [6.07, 6.45) is 0. The summed E-state index contributed by atoms with van der Waals surface area (Å²) in [4.78, 5) is 11.7. The Kier molecular flexibility index (Phi) is 5.46. The Bertz CT molecular complexity index is 866. The molecule has 128 valence electrons. The third-order valence-electron chi connectivity index (χ3n) is 3.61. The van der Waals surface area contributed by atoms with E-state index in [1.165, 1.54) is 12.1 Å². The van der Waals surface area contributed by atoms with E-state index in [2.05, 4.69) is 5.32 Å². The molecule has 0 aliphatic rings. The van der Waals surface area contributed by atoms with Crippen LogP contribution >= 0.6 is 0 Å². The molecule has 25 heavy (non-hydrogen) atoms. The van der Waals surface area contributed by atoms with Gasteiger partial charge in [-0.2, -0.15) is 0 Å². The smallest absolute Gasteiger partial charge is 0.258 e. The molecule has 3 aromatic rings. The minimum atomic E-state index is -0.491. The van der Waals surface area contributed by atoms with E-state index in [0.717, 1.165) is 16.5 Å². The summed E-state index contributed by atoms with van der Waals surface area (Å²) in [5, 5.41) is 4.91. The van der Waals surface area contributed by atoms with Gasteiger partial charge in [-0.3, -0.25) is 4.79 Å². The maximum absolute atomic E-state index is 13.4. The number of rotatable bonds is 7. The molecule has 0 saturated carbocycles. The second-order valence-electron chi connectivity index (χ2n) is 5.43. The van der Waals surface area contributed by atoms with Crippen molar-refractivity contribution in [1.29, 1.82) is 0 Å². The van der Waals surface area contributed by atoms with Crippen LogP contribution in [0.15, 0.2) is 66.7 Å². The number of hydrogen-bond donors (Lipinski definition) is 1. The van der Waals surface area contributed by atoms with Gasteiger partial charge in [-0.05, 0) is 35.0 Å². The fourth-order valence-corrected chi connectivity index (χ4v) is 2.37. The van der Waals surface area contributed by atoms with E-state index < -0.39 is 5.82 Å². The van der Waals surface area contributed by atoms with Crippen LogP contribution in [0.25, 0.3) is 10.8 Å². The Morgan fingerprint density at radius 3 is 2.52 bits per heavy atom. The van der Waals surface area contributed by atoms with E-state index in [0.29, 0.717) is 13.2 Å². The minimum Gasteiger partial charge on any atom is -0.492 e. The van der Waals surface area contributed by atoms with Gasteiger partial charge < -0.3 is 14.8 Å². The predicted octanol–water partition coefficient (Wildman–Crippen LogP) is 3.55. The summed E-state index contributed by atoms with van der Waals surface area (Å²) in [5.41, 5.74) is 0. The van der Waals surface area contributed by atoms with Crippen molar-refractivity contribution in [3.8, 4) is 11.5 Å². The molecule has 0 aliphatic carbocycles. The van der Waals surface area contributed by atoms with Crippen LogP contribution in [-0.4, -0.2) is 25.7 Å². The van der Waals surface area contributed by atoms with Crippen LogP contribution in [0.3, 0.4) is 0 Å². The molecule has 0 fully saturated rings. The Labute approximate surface area is 145 Å². The van der Waals surface area contributed by atoms with Gasteiger partial charge in [-0.15, -0.1) is 0 Å². The minimum absolute atomic E-state index is 0.0602. The van der Waals surface area contributed by atoms with Crippen LogP contribution in [0.2, 0.25) is 0 Å². The Hall–Kier alpha value is -3.08. The Morgan fingerprint density at radius 1 is 0.920 bits per heavy atom. The van der Waals surface area contributed by atoms with E-state index in [1.807, 2.05) is 42.5 Å². The van der Waals surface area contributed by atoms with Gasteiger partial charge in [0.25, 0.3) is 5.91 Å². The number of halogens is 1. The van der Waals surface area contributed by atoms with Crippen LogP contribution < -0.4 is 14.8 Å². The zero-order chi connectivity index (χ0) is 17.5. The van der Waals surface area contributed by atoms with Gasteiger partial charge in [-0.1, -0.05) is 42.5 Å². The summed E-state index contributed by atoms with van der Waals surface area (Å²) in [7, 11) is 0. The monoisotopic (exact) mass is 339 g/mol. The van der Waals surface area contributed by atoms with Crippen molar-refractivity contribution >= 4 is 16.7 Å². The quantitative estimate of drug-likeness (QED) is 0.670. The average Bonchev–Trinajstić information content (AvgIpc) is 2.64. The van der Waals surface area contributed by atoms with Crippen molar-refractivity contribution in [3.05, 3.63) is 72.5 Å². The first-order valence-electron chi connectivity index (χ1n) is 7.98. The van der Waals surface area contributed by atoms with Gasteiger partial charge in [0, 0.05) is 0 Å². The lowest BCUT2D eigenvalue weighted by Crippen LogP contribution is -2.32. The summed E-state index contributed by atoms with van der Waals surface area (Å²) in [6, 6.07) is 19.8. The molecule has 0 saturated heterocycles. The van der Waals surface area contributed by atoms with Gasteiger partial charge in [0.15, 0.2) is 18.2 Å². The fourth-order valence-electron chi connectivity index (χ4n) is 2.37. The maximum Gasteiger partial charge on any atom is 0.258 e. The number of benzene rings is 3. The highest BCUT2D eigenvalue weighted by molar-refractivity contribution is 5.83. The first kappa shape index (κ1) is 16.8. The van der Waals surface area contributed by atoms with E-state index >= 15 is 0 Å². The standard InChI is InChI=1S/C20H18FNO3/c21-18-7-3-4-8-19(18)25-14-20(23)22-11-12-24-17-10-9-15-5-1-2-6-16(15)13-17/h1-10,13H,11-12,14H2,(H,22,23). The number of fused-ring (bicyclic) bond motifs is 1. The predicted molar refractivity (Wildman–Crippen MR) is 94.3 cm³/mol. The van der Waals surface area contributed by atoms with Crippen molar-refractivity contribution in [3.63, 3.8) is 0 Å². The fraction of sp³-hybridized carbons (Fsp3) is 0.150. The first-order chi connectivity index (χ1) is 12.2.